The minimum Gasteiger partial charge on any atom is -0.378 e. The molecule has 0 aliphatic heterocycles. The number of rotatable bonds is 3. The van der Waals surface area contributed by atoms with Gasteiger partial charge in [-0.1, -0.05) is 11.6 Å². The van der Waals surface area contributed by atoms with Crippen LogP contribution >= 0.6 is 11.6 Å². The van der Waals surface area contributed by atoms with E-state index in [1.807, 2.05) is 0 Å². The Labute approximate surface area is 126 Å². The lowest BCUT2D eigenvalue weighted by Gasteiger charge is -2.12. The van der Waals surface area contributed by atoms with Crippen molar-refractivity contribution in [1.29, 1.82) is 0 Å². The average molecular weight is 334 g/mol. The summed E-state index contributed by atoms with van der Waals surface area (Å²) in [5.74, 6) is -0.788. The smallest absolute Gasteiger partial charge is 0.378 e. The number of nitrogens with two attached hydrogens (primary N) is 1. The third kappa shape index (κ3) is 3.17. The molecule has 1 aromatic carbocycles. The van der Waals surface area contributed by atoms with Gasteiger partial charge in [0.15, 0.2) is 0 Å². The van der Waals surface area contributed by atoms with E-state index in [2.05, 4.69) is 15.3 Å². The summed E-state index contributed by atoms with van der Waals surface area (Å²) in [6.45, 7) is 0. The molecule has 116 valence electrons. The first-order valence-electron chi connectivity index (χ1n) is 5.59. The van der Waals surface area contributed by atoms with Gasteiger partial charge in [-0.05, 0) is 18.2 Å². The van der Waals surface area contributed by atoms with Crippen molar-refractivity contribution in [3.05, 3.63) is 45.2 Å². The summed E-state index contributed by atoms with van der Waals surface area (Å²) in [5.41, 5.74) is 3.55. The molecule has 0 bridgehead atoms. The highest BCUT2D eigenvalue weighted by atomic mass is 35.5. The van der Waals surface area contributed by atoms with Crippen molar-refractivity contribution in [3.63, 3.8) is 0 Å². The molecule has 0 saturated carbocycles. The number of hydrogen-bond acceptors (Lipinski definition) is 6. The normalized spacial score (nSPS) is 11.3. The first kappa shape index (κ1) is 15.8. The highest BCUT2D eigenvalue weighted by Crippen LogP contribution is 2.36. The van der Waals surface area contributed by atoms with Crippen molar-refractivity contribution in [2.45, 2.75) is 6.18 Å². The van der Waals surface area contributed by atoms with Gasteiger partial charge in [-0.25, -0.2) is 9.97 Å². The van der Waals surface area contributed by atoms with E-state index < -0.39 is 28.2 Å². The van der Waals surface area contributed by atoms with Crippen molar-refractivity contribution < 1.29 is 18.1 Å². The van der Waals surface area contributed by atoms with Crippen molar-refractivity contribution >= 4 is 34.6 Å². The Morgan fingerprint density at radius 1 is 1.32 bits per heavy atom. The van der Waals surface area contributed by atoms with Crippen LogP contribution in [0.4, 0.5) is 36.2 Å². The number of nitro groups is 1. The maximum Gasteiger partial charge on any atom is 0.416 e. The van der Waals surface area contributed by atoms with Crippen LogP contribution in [0, 0.1) is 10.1 Å². The fourth-order valence-electron chi connectivity index (χ4n) is 1.59. The fraction of sp³-hybridized carbons (Fsp3) is 0.0909. The second-order valence-electron chi connectivity index (χ2n) is 4.03. The van der Waals surface area contributed by atoms with Gasteiger partial charge in [0.25, 0.3) is 0 Å². The van der Waals surface area contributed by atoms with E-state index in [4.69, 9.17) is 17.3 Å². The van der Waals surface area contributed by atoms with Gasteiger partial charge in [0, 0.05) is 0 Å². The van der Waals surface area contributed by atoms with Crippen LogP contribution in [0.5, 0.6) is 0 Å². The molecule has 1 heterocycles. The standard InChI is InChI=1S/C11H7ClF3N5O2/c12-6-2-1-5(11(13,14)15)3-7(6)19-10-8(20(21)22)9(16)17-4-18-10/h1-4H,(H3,16,17,18,19). The van der Waals surface area contributed by atoms with Crippen molar-refractivity contribution in [3.8, 4) is 0 Å². The highest BCUT2D eigenvalue weighted by Gasteiger charge is 2.31. The quantitative estimate of drug-likeness (QED) is 0.658. The zero-order valence-electron chi connectivity index (χ0n) is 10.6. The molecular formula is C11H7ClF3N5O2. The summed E-state index contributed by atoms with van der Waals surface area (Å²) in [5, 5.41) is 13.2. The van der Waals surface area contributed by atoms with Crippen LogP contribution < -0.4 is 11.1 Å². The number of alkyl halides is 3. The van der Waals surface area contributed by atoms with Gasteiger partial charge in [0.05, 0.1) is 21.2 Å². The fourth-order valence-corrected chi connectivity index (χ4v) is 1.75. The molecule has 0 aliphatic carbocycles. The topological polar surface area (TPSA) is 107 Å². The number of nitrogens with one attached hydrogen (secondary N) is 1. The lowest BCUT2D eigenvalue weighted by molar-refractivity contribution is -0.383. The number of nitrogen functional groups attached to an aromatic ring is 1. The van der Waals surface area contributed by atoms with E-state index in [9.17, 15) is 23.3 Å². The van der Waals surface area contributed by atoms with E-state index in [1.165, 1.54) is 0 Å². The minimum absolute atomic E-state index is 0.0699. The predicted molar refractivity (Wildman–Crippen MR) is 72.8 cm³/mol. The van der Waals surface area contributed by atoms with Gasteiger partial charge in [-0.2, -0.15) is 13.2 Å². The molecule has 3 N–H and O–H groups in total. The Morgan fingerprint density at radius 3 is 2.59 bits per heavy atom. The van der Waals surface area contributed by atoms with Crippen LogP contribution in [0.2, 0.25) is 5.02 Å². The summed E-state index contributed by atoms with van der Waals surface area (Å²) in [6, 6.07) is 2.52. The van der Waals surface area contributed by atoms with Gasteiger partial charge in [0.1, 0.15) is 6.33 Å². The zero-order valence-corrected chi connectivity index (χ0v) is 11.3. The van der Waals surface area contributed by atoms with Crippen LogP contribution in [0.3, 0.4) is 0 Å². The Balaban J connectivity index is 2.48. The molecule has 2 rings (SSSR count). The summed E-state index contributed by atoms with van der Waals surface area (Å²) < 4.78 is 38.1. The molecule has 0 radical (unpaired) electrons. The lowest BCUT2D eigenvalue weighted by Crippen LogP contribution is -2.07. The molecular weight excluding hydrogens is 327 g/mol. The predicted octanol–water partition coefficient (Wildman–Crippen LogP) is 3.38. The number of benzene rings is 1. The minimum atomic E-state index is -4.59. The summed E-state index contributed by atoms with van der Waals surface area (Å²) in [7, 11) is 0. The van der Waals surface area contributed by atoms with Gasteiger partial charge in [-0.3, -0.25) is 10.1 Å². The Kier molecular flexibility index (Phi) is 4.04. The summed E-state index contributed by atoms with van der Waals surface area (Å²) in [6.07, 6.45) is -3.65. The third-order valence-corrected chi connectivity index (χ3v) is 2.91. The molecule has 0 atom stereocenters. The van der Waals surface area contributed by atoms with Gasteiger partial charge >= 0.3 is 11.9 Å². The number of anilines is 3. The Morgan fingerprint density at radius 2 is 2.00 bits per heavy atom. The number of aromatic nitrogens is 2. The molecule has 2 aromatic rings. The molecule has 0 fully saturated rings. The first-order valence-corrected chi connectivity index (χ1v) is 5.96. The largest absolute Gasteiger partial charge is 0.416 e. The zero-order chi connectivity index (χ0) is 16.5. The molecule has 0 aliphatic rings. The van der Waals surface area contributed by atoms with Gasteiger partial charge in [-0.15, -0.1) is 0 Å². The van der Waals surface area contributed by atoms with Gasteiger partial charge in [0.2, 0.25) is 11.6 Å². The molecule has 22 heavy (non-hydrogen) atoms. The van der Waals surface area contributed by atoms with Crippen LogP contribution in [-0.4, -0.2) is 14.9 Å². The molecule has 1 aromatic heterocycles. The maximum atomic E-state index is 12.7. The monoisotopic (exact) mass is 333 g/mol. The summed E-state index contributed by atoms with van der Waals surface area (Å²) in [4.78, 5) is 17.1. The number of hydrogen-bond donors (Lipinski definition) is 2. The van der Waals surface area contributed by atoms with Crippen molar-refractivity contribution in [2.24, 2.45) is 0 Å². The number of halogens is 4. The van der Waals surface area contributed by atoms with Crippen LogP contribution in [-0.2, 0) is 6.18 Å². The van der Waals surface area contributed by atoms with Crippen molar-refractivity contribution in [2.75, 3.05) is 11.1 Å². The Bertz CT molecular complexity index is 738. The molecule has 0 saturated heterocycles. The Hall–Kier alpha value is -2.62. The molecule has 0 unspecified atom stereocenters. The third-order valence-electron chi connectivity index (χ3n) is 2.58. The second kappa shape index (κ2) is 5.64. The first-order chi connectivity index (χ1) is 10.2. The van der Waals surface area contributed by atoms with Crippen LogP contribution in [0.25, 0.3) is 0 Å². The maximum absolute atomic E-state index is 12.7. The highest BCUT2D eigenvalue weighted by molar-refractivity contribution is 6.33. The summed E-state index contributed by atoms with van der Waals surface area (Å²) >= 11 is 5.79. The molecule has 0 spiro atoms. The average Bonchev–Trinajstić information content (AvgIpc) is 2.39. The number of nitrogens with zero attached hydrogens (tertiary/aromatic N) is 3. The van der Waals surface area contributed by atoms with E-state index in [0.717, 1.165) is 18.5 Å². The van der Waals surface area contributed by atoms with E-state index >= 15 is 0 Å². The van der Waals surface area contributed by atoms with Crippen LogP contribution in [0.1, 0.15) is 5.56 Å². The van der Waals surface area contributed by atoms with Crippen LogP contribution in [0.15, 0.2) is 24.5 Å². The molecule has 7 nitrogen and oxygen atoms in total. The van der Waals surface area contributed by atoms with Gasteiger partial charge < -0.3 is 11.1 Å². The van der Waals surface area contributed by atoms with E-state index in [1.54, 1.807) is 0 Å². The van der Waals surface area contributed by atoms with E-state index in [-0.39, 0.29) is 16.5 Å². The second-order valence-corrected chi connectivity index (χ2v) is 4.44. The lowest BCUT2D eigenvalue weighted by atomic mass is 10.2. The molecule has 11 heteroatoms. The van der Waals surface area contributed by atoms with Crippen molar-refractivity contribution in [1.82, 2.24) is 9.97 Å². The SMILES string of the molecule is Nc1ncnc(Nc2cc(C(F)(F)F)ccc2Cl)c1[N+](=O)[O-]. The van der Waals surface area contributed by atoms with E-state index in [0.29, 0.717) is 6.07 Å². The molecule has 0 amide bonds.